The molecule has 0 bridgehead atoms. The van der Waals surface area contributed by atoms with Crippen molar-refractivity contribution in [1.29, 1.82) is 0 Å². The Labute approximate surface area is 137 Å². The number of nitrogens with zero attached hydrogens (tertiary/aromatic N) is 1. The van der Waals surface area contributed by atoms with E-state index in [1.807, 2.05) is 42.5 Å². The van der Waals surface area contributed by atoms with Crippen LogP contribution in [0.15, 0.2) is 48.5 Å². The van der Waals surface area contributed by atoms with Gasteiger partial charge in [0.2, 0.25) is 0 Å². The van der Waals surface area contributed by atoms with E-state index in [-0.39, 0.29) is 0 Å². The standard InChI is InChI=1S/C18H23ClN2O/c1-21(2)11-10-20-13-16-7-3-4-9-18(16)22-14-15-6-5-8-17(19)12-15/h3-9,12,20H,10-11,13-14H2,1-2H3. The van der Waals surface area contributed by atoms with Crippen molar-refractivity contribution in [3.8, 4) is 5.75 Å². The molecule has 0 aliphatic rings. The van der Waals surface area contributed by atoms with E-state index in [9.17, 15) is 0 Å². The summed E-state index contributed by atoms with van der Waals surface area (Å²) in [7, 11) is 4.15. The molecule has 0 aliphatic carbocycles. The molecule has 1 N–H and O–H groups in total. The molecule has 4 heteroatoms. The van der Waals surface area contributed by atoms with Crippen LogP contribution < -0.4 is 10.1 Å². The Balaban J connectivity index is 1.90. The predicted octanol–water partition coefficient (Wildman–Crippen LogP) is 3.57. The van der Waals surface area contributed by atoms with Gasteiger partial charge in [-0.3, -0.25) is 0 Å². The van der Waals surface area contributed by atoms with Gasteiger partial charge in [-0.1, -0.05) is 41.9 Å². The molecule has 2 rings (SSSR count). The smallest absolute Gasteiger partial charge is 0.124 e. The van der Waals surface area contributed by atoms with Crippen molar-refractivity contribution in [2.75, 3.05) is 27.2 Å². The number of likely N-dealkylation sites (N-methyl/N-ethyl adjacent to an activating group) is 1. The van der Waals surface area contributed by atoms with E-state index in [4.69, 9.17) is 16.3 Å². The third kappa shape index (κ3) is 5.68. The van der Waals surface area contributed by atoms with Crippen LogP contribution in [0.2, 0.25) is 5.02 Å². The molecule has 0 spiro atoms. The van der Waals surface area contributed by atoms with E-state index < -0.39 is 0 Å². The molecule has 0 radical (unpaired) electrons. The van der Waals surface area contributed by atoms with Gasteiger partial charge in [-0.15, -0.1) is 0 Å². The van der Waals surface area contributed by atoms with Crippen LogP contribution in [0.5, 0.6) is 5.75 Å². The Morgan fingerprint density at radius 3 is 2.68 bits per heavy atom. The highest BCUT2D eigenvalue weighted by Crippen LogP contribution is 2.20. The fourth-order valence-electron chi connectivity index (χ4n) is 2.10. The first kappa shape index (κ1) is 16.8. The largest absolute Gasteiger partial charge is 0.489 e. The lowest BCUT2D eigenvalue weighted by Crippen LogP contribution is -2.26. The van der Waals surface area contributed by atoms with Crippen molar-refractivity contribution >= 4 is 11.6 Å². The Bertz CT molecular complexity index is 587. The van der Waals surface area contributed by atoms with Crippen LogP contribution in [0.3, 0.4) is 0 Å². The van der Waals surface area contributed by atoms with E-state index in [1.165, 1.54) is 5.56 Å². The van der Waals surface area contributed by atoms with Crippen molar-refractivity contribution in [2.24, 2.45) is 0 Å². The van der Waals surface area contributed by atoms with Crippen molar-refractivity contribution in [3.05, 3.63) is 64.7 Å². The van der Waals surface area contributed by atoms with Gasteiger partial charge in [0.25, 0.3) is 0 Å². The lowest BCUT2D eigenvalue weighted by atomic mass is 10.2. The van der Waals surface area contributed by atoms with Crippen LogP contribution in [0.25, 0.3) is 0 Å². The normalized spacial score (nSPS) is 10.9. The second-order valence-corrected chi connectivity index (χ2v) is 5.94. The molecular weight excluding hydrogens is 296 g/mol. The number of hydrogen-bond donors (Lipinski definition) is 1. The third-order valence-corrected chi connectivity index (χ3v) is 3.54. The van der Waals surface area contributed by atoms with Gasteiger partial charge in [0.05, 0.1) is 0 Å². The molecule has 3 nitrogen and oxygen atoms in total. The second-order valence-electron chi connectivity index (χ2n) is 5.51. The summed E-state index contributed by atoms with van der Waals surface area (Å²) < 4.78 is 5.95. The van der Waals surface area contributed by atoms with Crippen LogP contribution in [-0.2, 0) is 13.2 Å². The first-order valence-corrected chi connectivity index (χ1v) is 7.83. The monoisotopic (exact) mass is 318 g/mol. The molecule has 0 fully saturated rings. The molecule has 118 valence electrons. The summed E-state index contributed by atoms with van der Waals surface area (Å²) in [6.07, 6.45) is 0. The molecule has 2 aromatic carbocycles. The van der Waals surface area contributed by atoms with Crippen molar-refractivity contribution in [2.45, 2.75) is 13.2 Å². The molecule has 0 heterocycles. The van der Waals surface area contributed by atoms with E-state index in [2.05, 4.69) is 30.4 Å². The molecular formula is C18H23ClN2O. The Hall–Kier alpha value is -1.55. The maximum Gasteiger partial charge on any atom is 0.124 e. The Kier molecular flexibility index (Phi) is 6.72. The zero-order chi connectivity index (χ0) is 15.8. The minimum atomic E-state index is 0.523. The highest BCUT2D eigenvalue weighted by Gasteiger charge is 2.03. The lowest BCUT2D eigenvalue weighted by molar-refractivity contribution is 0.302. The van der Waals surface area contributed by atoms with Gasteiger partial charge in [-0.2, -0.15) is 0 Å². The van der Waals surface area contributed by atoms with Gasteiger partial charge in [-0.05, 0) is 37.9 Å². The number of benzene rings is 2. The van der Waals surface area contributed by atoms with E-state index in [1.54, 1.807) is 0 Å². The van der Waals surface area contributed by atoms with Gasteiger partial charge in [0.1, 0.15) is 12.4 Å². The van der Waals surface area contributed by atoms with Crippen molar-refractivity contribution < 1.29 is 4.74 Å². The minimum Gasteiger partial charge on any atom is -0.489 e. The first-order chi connectivity index (χ1) is 10.6. The molecule has 0 saturated carbocycles. The summed E-state index contributed by atoms with van der Waals surface area (Å²) in [6.45, 7) is 3.30. The van der Waals surface area contributed by atoms with Gasteiger partial charge in [0, 0.05) is 30.2 Å². The van der Waals surface area contributed by atoms with Crippen LogP contribution in [-0.4, -0.2) is 32.1 Å². The molecule has 22 heavy (non-hydrogen) atoms. The van der Waals surface area contributed by atoms with E-state index >= 15 is 0 Å². The highest BCUT2D eigenvalue weighted by atomic mass is 35.5. The predicted molar refractivity (Wildman–Crippen MR) is 92.5 cm³/mol. The van der Waals surface area contributed by atoms with Gasteiger partial charge in [0.15, 0.2) is 0 Å². The number of ether oxygens (including phenoxy) is 1. The number of rotatable bonds is 8. The van der Waals surface area contributed by atoms with E-state index in [0.717, 1.165) is 36.0 Å². The topological polar surface area (TPSA) is 24.5 Å². The molecule has 2 aromatic rings. The highest BCUT2D eigenvalue weighted by molar-refractivity contribution is 6.30. The van der Waals surface area contributed by atoms with Crippen LogP contribution in [0.4, 0.5) is 0 Å². The quantitative estimate of drug-likeness (QED) is 0.753. The van der Waals surface area contributed by atoms with Crippen LogP contribution in [0.1, 0.15) is 11.1 Å². The molecule has 0 amide bonds. The fourth-order valence-corrected chi connectivity index (χ4v) is 2.32. The molecule has 0 saturated heterocycles. The zero-order valence-electron chi connectivity index (χ0n) is 13.2. The minimum absolute atomic E-state index is 0.523. The average molecular weight is 319 g/mol. The van der Waals surface area contributed by atoms with Crippen LogP contribution >= 0.6 is 11.6 Å². The molecule has 0 unspecified atom stereocenters. The summed E-state index contributed by atoms with van der Waals surface area (Å²) in [5, 5.41) is 4.17. The lowest BCUT2D eigenvalue weighted by Gasteiger charge is -2.14. The van der Waals surface area contributed by atoms with Crippen LogP contribution in [0, 0.1) is 0 Å². The summed E-state index contributed by atoms with van der Waals surface area (Å²) in [5.41, 5.74) is 2.24. The summed E-state index contributed by atoms with van der Waals surface area (Å²) >= 11 is 6.00. The van der Waals surface area contributed by atoms with E-state index in [0.29, 0.717) is 6.61 Å². The van der Waals surface area contributed by atoms with Gasteiger partial charge in [-0.25, -0.2) is 0 Å². The van der Waals surface area contributed by atoms with Crippen molar-refractivity contribution in [1.82, 2.24) is 10.2 Å². The Morgan fingerprint density at radius 1 is 1.09 bits per heavy atom. The third-order valence-electron chi connectivity index (χ3n) is 3.31. The molecule has 0 atom stereocenters. The Morgan fingerprint density at radius 2 is 1.91 bits per heavy atom. The SMILES string of the molecule is CN(C)CCNCc1ccccc1OCc1cccc(Cl)c1. The first-order valence-electron chi connectivity index (χ1n) is 7.46. The average Bonchev–Trinajstić information content (AvgIpc) is 2.50. The van der Waals surface area contributed by atoms with Crippen molar-refractivity contribution in [3.63, 3.8) is 0 Å². The second kappa shape index (κ2) is 8.79. The maximum atomic E-state index is 6.00. The summed E-state index contributed by atoms with van der Waals surface area (Å²) in [6, 6.07) is 15.9. The summed E-state index contributed by atoms with van der Waals surface area (Å²) in [5.74, 6) is 0.917. The van der Waals surface area contributed by atoms with Gasteiger partial charge >= 0.3 is 0 Å². The number of para-hydroxylation sites is 1. The number of nitrogens with one attached hydrogen (secondary N) is 1. The molecule has 0 aromatic heterocycles. The maximum absolute atomic E-state index is 6.00. The zero-order valence-corrected chi connectivity index (χ0v) is 13.9. The number of hydrogen-bond acceptors (Lipinski definition) is 3. The summed E-state index contributed by atoms with van der Waals surface area (Å²) in [4.78, 5) is 2.16. The fraction of sp³-hybridized carbons (Fsp3) is 0.333. The number of halogens is 1. The molecule has 0 aliphatic heterocycles. The van der Waals surface area contributed by atoms with Gasteiger partial charge < -0.3 is 15.0 Å².